The molecule has 2 aliphatic rings. The number of H-pyrrole nitrogens is 1. The van der Waals surface area contributed by atoms with E-state index < -0.39 is 0 Å². The van der Waals surface area contributed by atoms with E-state index in [1.165, 1.54) is 24.2 Å². The van der Waals surface area contributed by atoms with Crippen LogP contribution in [-0.4, -0.2) is 29.7 Å². The topological polar surface area (TPSA) is 49.9 Å². The van der Waals surface area contributed by atoms with Crippen molar-refractivity contribution in [2.75, 3.05) is 19.8 Å². The zero-order valence-electron chi connectivity index (χ0n) is 8.83. The summed E-state index contributed by atoms with van der Waals surface area (Å²) < 4.78 is 5.55. The van der Waals surface area contributed by atoms with Crippen molar-refractivity contribution in [3.63, 3.8) is 0 Å². The first-order valence-electron chi connectivity index (χ1n) is 5.78. The molecule has 0 amide bonds. The van der Waals surface area contributed by atoms with Gasteiger partial charge in [0.15, 0.2) is 0 Å². The SMILES string of the molecule is c1nc2c([nH]1)CCNC2C1CCCOC1. The maximum absolute atomic E-state index is 5.55. The molecule has 1 saturated heterocycles. The third-order valence-electron chi connectivity index (χ3n) is 3.45. The van der Waals surface area contributed by atoms with E-state index in [-0.39, 0.29) is 0 Å². The van der Waals surface area contributed by atoms with Crippen molar-refractivity contribution in [3.05, 3.63) is 17.7 Å². The van der Waals surface area contributed by atoms with Crippen molar-refractivity contribution in [3.8, 4) is 0 Å². The Morgan fingerprint density at radius 3 is 3.33 bits per heavy atom. The van der Waals surface area contributed by atoms with Gasteiger partial charge in [-0.05, 0) is 12.8 Å². The fraction of sp³-hybridized carbons (Fsp3) is 0.727. The Labute approximate surface area is 89.4 Å². The molecule has 3 heterocycles. The Hall–Kier alpha value is -0.870. The van der Waals surface area contributed by atoms with Crippen LogP contribution in [0.2, 0.25) is 0 Å². The van der Waals surface area contributed by atoms with Crippen molar-refractivity contribution in [1.82, 2.24) is 15.3 Å². The van der Waals surface area contributed by atoms with Crippen LogP contribution in [0.3, 0.4) is 0 Å². The molecular weight excluding hydrogens is 190 g/mol. The molecule has 0 bridgehead atoms. The maximum Gasteiger partial charge on any atom is 0.0925 e. The molecule has 1 fully saturated rings. The molecule has 2 N–H and O–H groups in total. The molecule has 15 heavy (non-hydrogen) atoms. The predicted molar refractivity (Wildman–Crippen MR) is 56.6 cm³/mol. The normalized spacial score (nSPS) is 31.2. The van der Waals surface area contributed by atoms with Gasteiger partial charge in [0.05, 0.1) is 24.7 Å². The average Bonchev–Trinajstić information content (AvgIpc) is 2.78. The monoisotopic (exact) mass is 207 g/mol. The van der Waals surface area contributed by atoms with Gasteiger partial charge in [0.1, 0.15) is 0 Å². The lowest BCUT2D eigenvalue weighted by molar-refractivity contribution is 0.0374. The van der Waals surface area contributed by atoms with Gasteiger partial charge in [-0.15, -0.1) is 0 Å². The summed E-state index contributed by atoms with van der Waals surface area (Å²) in [7, 11) is 0. The van der Waals surface area contributed by atoms with Gasteiger partial charge in [-0.3, -0.25) is 0 Å². The lowest BCUT2D eigenvalue weighted by Gasteiger charge is -2.32. The lowest BCUT2D eigenvalue weighted by atomic mass is 9.88. The summed E-state index contributed by atoms with van der Waals surface area (Å²) in [6, 6.07) is 0.403. The minimum atomic E-state index is 0.403. The van der Waals surface area contributed by atoms with Crippen LogP contribution in [0.25, 0.3) is 0 Å². The second kappa shape index (κ2) is 3.94. The highest BCUT2D eigenvalue weighted by atomic mass is 16.5. The smallest absolute Gasteiger partial charge is 0.0925 e. The highest BCUT2D eigenvalue weighted by molar-refractivity contribution is 5.20. The molecule has 0 saturated carbocycles. The number of hydrogen-bond acceptors (Lipinski definition) is 3. The van der Waals surface area contributed by atoms with Gasteiger partial charge in [-0.2, -0.15) is 0 Å². The summed E-state index contributed by atoms with van der Waals surface area (Å²) >= 11 is 0. The number of fused-ring (bicyclic) bond motifs is 1. The predicted octanol–water partition coefficient (Wildman–Crippen LogP) is 1.02. The van der Waals surface area contributed by atoms with Crippen molar-refractivity contribution < 1.29 is 4.74 Å². The second-order valence-corrected chi connectivity index (χ2v) is 4.43. The zero-order chi connectivity index (χ0) is 10.1. The van der Waals surface area contributed by atoms with Crippen molar-refractivity contribution >= 4 is 0 Å². The van der Waals surface area contributed by atoms with Crippen LogP contribution in [0.5, 0.6) is 0 Å². The van der Waals surface area contributed by atoms with E-state index in [1.54, 1.807) is 0 Å². The van der Waals surface area contributed by atoms with Crippen LogP contribution >= 0.6 is 0 Å². The minimum absolute atomic E-state index is 0.403. The van der Waals surface area contributed by atoms with Gasteiger partial charge in [0.2, 0.25) is 0 Å². The first-order chi connectivity index (χ1) is 7.45. The molecule has 2 atom stereocenters. The second-order valence-electron chi connectivity index (χ2n) is 4.43. The fourth-order valence-electron chi connectivity index (χ4n) is 2.67. The van der Waals surface area contributed by atoms with Crippen LogP contribution in [0.15, 0.2) is 6.33 Å². The highest BCUT2D eigenvalue weighted by Crippen LogP contribution is 2.31. The average molecular weight is 207 g/mol. The van der Waals surface area contributed by atoms with E-state index >= 15 is 0 Å². The summed E-state index contributed by atoms with van der Waals surface area (Å²) in [6.07, 6.45) is 5.32. The summed E-state index contributed by atoms with van der Waals surface area (Å²) in [4.78, 5) is 7.67. The Kier molecular flexibility index (Phi) is 2.46. The maximum atomic E-state index is 5.55. The number of aromatic amines is 1. The van der Waals surface area contributed by atoms with Crippen molar-refractivity contribution in [1.29, 1.82) is 0 Å². The molecular formula is C11H17N3O. The molecule has 3 rings (SSSR count). The molecule has 1 aromatic rings. The van der Waals surface area contributed by atoms with E-state index in [4.69, 9.17) is 4.74 Å². The van der Waals surface area contributed by atoms with E-state index in [0.717, 1.165) is 26.2 Å². The minimum Gasteiger partial charge on any atom is -0.381 e. The van der Waals surface area contributed by atoms with Gasteiger partial charge in [0.25, 0.3) is 0 Å². The van der Waals surface area contributed by atoms with Crippen molar-refractivity contribution in [2.24, 2.45) is 5.92 Å². The third kappa shape index (κ3) is 1.68. The Balaban J connectivity index is 1.82. The summed E-state index contributed by atoms with van der Waals surface area (Å²) in [5, 5.41) is 3.57. The zero-order valence-corrected chi connectivity index (χ0v) is 8.83. The van der Waals surface area contributed by atoms with Crippen molar-refractivity contribution in [2.45, 2.75) is 25.3 Å². The molecule has 4 nitrogen and oxygen atoms in total. The highest BCUT2D eigenvalue weighted by Gasteiger charge is 2.30. The number of nitrogens with zero attached hydrogens (tertiary/aromatic N) is 1. The van der Waals surface area contributed by atoms with Crippen LogP contribution in [0, 0.1) is 5.92 Å². The molecule has 4 heteroatoms. The standard InChI is InChI=1S/C11H17N3O/c1-2-8(6-15-5-1)10-11-9(3-4-12-10)13-7-14-11/h7-8,10,12H,1-6H2,(H,13,14). The summed E-state index contributed by atoms with van der Waals surface area (Å²) in [5.41, 5.74) is 2.53. The first kappa shape index (κ1) is 9.36. The number of hydrogen-bond donors (Lipinski definition) is 2. The number of nitrogens with one attached hydrogen (secondary N) is 2. The van der Waals surface area contributed by atoms with E-state index in [0.29, 0.717) is 12.0 Å². The van der Waals surface area contributed by atoms with Gasteiger partial charge < -0.3 is 15.0 Å². The van der Waals surface area contributed by atoms with Gasteiger partial charge >= 0.3 is 0 Å². The van der Waals surface area contributed by atoms with Gasteiger partial charge in [-0.1, -0.05) is 0 Å². The third-order valence-corrected chi connectivity index (χ3v) is 3.45. The molecule has 0 radical (unpaired) electrons. The summed E-state index contributed by atoms with van der Waals surface area (Å²) in [5.74, 6) is 0.598. The lowest BCUT2D eigenvalue weighted by Crippen LogP contribution is -2.38. The first-order valence-corrected chi connectivity index (χ1v) is 5.78. The van der Waals surface area contributed by atoms with E-state index in [2.05, 4.69) is 15.3 Å². The van der Waals surface area contributed by atoms with Crippen LogP contribution in [0.1, 0.15) is 30.3 Å². The van der Waals surface area contributed by atoms with Crippen LogP contribution < -0.4 is 5.32 Å². The molecule has 82 valence electrons. The number of rotatable bonds is 1. The van der Waals surface area contributed by atoms with Crippen LogP contribution in [0.4, 0.5) is 0 Å². The summed E-state index contributed by atoms with van der Waals surface area (Å²) in [6.45, 7) is 2.86. The Morgan fingerprint density at radius 2 is 2.47 bits per heavy atom. The van der Waals surface area contributed by atoms with Gasteiger partial charge in [0, 0.05) is 31.2 Å². The molecule has 0 aliphatic carbocycles. The number of imidazole rings is 1. The number of aromatic nitrogens is 2. The molecule has 2 aliphatic heterocycles. The molecule has 2 unspecified atom stereocenters. The quantitative estimate of drug-likeness (QED) is 0.723. The van der Waals surface area contributed by atoms with E-state index in [9.17, 15) is 0 Å². The van der Waals surface area contributed by atoms with Gasteiger partial charge in [-0.25, -0.2) is 4.98 Å². The largest absolute Gasteiger partial charge is 0.381 e. The Bertz CT molecular complexity index is 330. The molecule has 1 aromatic heterocycles. The number of ether oxygens (including phenoxy) is 1. The van der Waals surface area contributed by atoms with Crippen LogP contribution in [-0.2, 0) is 11.2 Å². The fourth-order valence-corrected chi connectivity index (χ4v) is 2.67. The molecule has 0 aromatic carbocycles. The molecule has 0 spiro atoms. The van der Waals surface area contributed by atoms with E-state index in [1.807, 2.05) is 6.33 Å². The Morgan fingerprint density at radius 1 is 1.47 bits per heavy atom.